The smallest absolute Gasteiger partial charge is 0.407 e. The van der Waals surface area contributed by atoms with Crippen LogP contribution >= 0.6 is 0 Å². The molecule has 0 radical (unpaired) electrons. The Balaban J connectivity index is 1.69. The van der Waals surface area contributed by atoms with Gasteiger partial charge in [-0.05, 0) is 48.0 Å². The highest BCUT2D eigenvalue weighted by Gasteiger charge is 2.71. The Morgan fingerprint density at radius 3 is 2.36 bits per heavy atom. The van der Waals surface area contributed by atoms with Gasteiger partial charge in [-0.15, -0.1) is 0 Å². The largest absolute Gasteiger partial charge is 0.465 e. The van der Waals surface area contributed by atoms with Gasteiger partial charge in [-0.3, -0.25) is 0 Å². The van der Waals surface area contributed by atoms with Gasteiger partial charge in [0.05, 0.1) is 0 Å². The number of hydrogen-bond acceptors (Lipinski definition) is 2. The molecule has 25 heavy (non-hydrogen) atoms. The molecule has 3 rings (SSSR count). The minimum atomic E-state index is -0.771. The summed E-state index contributed by atoms with van der Waals surface area (Å²) >= 11 is 0. The molecule has 1 heterocycles. The summed E-state index contributed by atoms with van der Waals surface area (Å²) in [7, 11) is 0. The van der Waals surface area contributed by atoms with Gasteiger partial charge in [0.1, 0.15) is 0 Å². The standard InChI is InChI=1S/C21H32N2O2/c1-16(17-8-6-5-7-9-17)22-15-21(19(2,3)4)14-20(21)10-12-23(13-11-20)18(24)25/h5-9,16,22H,10-15H2,1-4H3,(H,24,25)/t16-,21-/m0/s1. The number of carbonyl (C=O) groups is 1. The van der Waals surface area contributed by atoms with Crippen molar-refractivity contribution in [3.8, 4) is 0 Å². The molecule has 2 aliphatic rings. The van der Waals surface area contributed by atoms with Crippen molar-refractivity contribution in [2.24, 2.45) is 16.2 Å². The maximum Gasteiger partial charge on any atom is 0.407 e. The lowest BCUT2D eigenvalue weighted by Gasteiger charge is -2.41. The van der Waals surface area contributed by atoms with E-state index in [0.717, 1.165) is 19.4 Å². The van der Waals surface area contributed by atoms with Gasteiger partial charge in [0.25, 0.3) is 0 Å². The first-order chi connectivity index (χ1) is 11.7. The minimum absolute atomic E-state index is 0.210. The maximum absolute atomic E-state index is 11.2. The van der Waals surface area contributed by atoms with E-state index in [2.05, 4.69) is 63.3 Å². The monoisotopic (exact) mass is 344 g/mol. The van der Waals surface area contributed by atoms with Crippen molar-refractivity contribution in [1.82, 2.24) is 10.2 Å². The molecule has 4 nitrogen and oxygen atoms in total. The second-order valence-electron chi connectivity index (χ2n) is 9.07. The molecule has 1 aliphatic heterocycles. The van der Waals surface area contributed by atoms with Crippen LogP contribution in [-0.4, -0.2) is 35.7 Å². The minimum Gasteiger partial charge on any atom is -0.465 e. The fraction of sp³-hybridized carbons (Fsp3) is 0.667. The van der Waals surface area contributed by atoms with E-state index in [1.165, 1.54) is 12.0 Å². The summed E-state index contributed by atoms with van der Waals surface area (Å²) < 4.78 is 0. The third kappa shape index (κ3) is 3.17. The molecule has 0 bridgehead atoms. The van der Waals surface area contributed by atoms with Crippen LogP contribution in [-0.2, 0) is 0 Å². The van der Waals surface area contributed by atoms with E-state index in [0.29, 0.717) is 24.5 Å². The van der Waals surface area contributed by atoms with E-state index < -0.39 is 6.09 Å². The van der Waals surface area contributed by atoms with Crippen molar-refractivity contribution in [1.29, 1.82) is 0 Å². The van der Waals surface area contributed by atoms with Crippen LogP contribution in [0.15, 0.2) is 30.3 Å². The molecule has 1 aromatic rings. The van der Waals surface area contributed by atoms with E-state index in [9.17, 15) is 9.90 Å². The zero-order chi connectivity index (χ0) is 18.3. The van der Waals surface area contributed by atoms with Crippen molar-refractivity contribution < 1.29 is 9.90 Å². The predicted molar refractivity (Wildman–Crippen MR) is 101 cm³/mol. The van der Waals surface area contributed by atoms with Gasteiger partial charge < -0.3 is 15.3 Å². The quantitative estimate of drug-likeness (QED) is 0.843. The lowest BCUT2D eigenvalue weighted by Crippen LogP contribution is -2.44. The second kappa shape index (κ2) is 6.31. The Kier molecular flexibility index (Phi) is 4.61. The molecule has 1 aliphatic carbocycles. The van der Waals surface area contributed by atoms with Crippen molar-refractivity contribution in [3.05, 3.63) is 35.9 Å². The molecular weight excluding hydrogens is 312 g/mol. The molecular formula is C21H32N2O2. The summed E-state index contributed by atoms with van der Waals surface area (Å²) in [5.41, 5.74) is 2.10. The topological polar surface area (TPSA) is 52.6 Å². The summed E-state index contributed by atoms with van der Waals surface area (Å²) in [5.74, 6) is 0. The molecule has 2 N–H and O–H groups in total. The summed E-state index contributed by atoms with van der Waals surface area (Å²) in [6, 6.07) is 10.9. The summed E-state index contributed by atoms with van der Waals surface area (Å²) in [5, 5.41) is 13.0. The Bertz CT molecular complexity index is 615. The molecule has 1 spiro atoms. The normalized spacial score (nSPS) is 26.5. The van der Waals surface area contributed by atoms with Crippen LogP contribution in [0.3, 0.4) is 0 Å². The summed E-state index contributed by atoms with van der Waals surface area (Å²) in [4.78, 5) is 12.8. The van der Waals surface area contributed by atoms with Crippen LogP contribution in [0.4, 0.5) is 4.79 Å². The van der Waals surface area contributed by atoms with Gasteiger partial charge in [-0.25, -0.2) is 4.79 Å². The maximum atomic E-state index is 11.2. The van der Waals surface area contributed by atoms with Crippen molar-refractivity contribution in [2.75, 3.05) is 19.6 Å². The van der Waals surface area contributed by atoms with E-state index in [-0.39, 0.29) is 10.8 Å². The fourth-order valence-electron chi connectivity index (χ4n) is 5.08. The third-order valence-electron chi connectivity index (χ3n) is 6.97. The summed E-state index contributed by atoms with van der Waals surface area (Å²) in [6.07, 6.45) is 2.44. The number of nitrogens with zero attached hydrogens (tertiary/aromatic N) is 1. The van der Waals surface area contributed by atoms with Crippen molar-refractivity contribution in [3.63, 3.8) is 0 Å². The van der Waals surface area contributed by atoms with E-state index in [1.54, 1.807) is 4.90 Å². The number of likely N-dealkylation sites (tertiary alicyclic amines) is 1. The van der Waals surface area contributed by atoms with Crippen LogP contribution in [0.25, 0.3) is 0 Å². The third-order valence-corrected chi connectivity index (χ3v) is 6.97. The Hall–Kier alpha value is -1.55. The first kappa shape index (κ1) is 18.2. The van der Waals surface area contributed by atoms with Crippen LogP contribution in [0.1, 0.15) is 58.6 Å². The molecule has 2 atom stereocenters. The van der Waals surface area contributed by atoms with Gasteiger partial charge in [0.2, 0.25) is 0 Å². The SMILES string of the molecule is C[C@H](NC[C@]1(C(C)(C)C)CC12CCN(C(=O)O)CC2)c1ccccc1. The highest BCUT2D eigenvalue weighted by molar-refractivity contribution is 5.65. The van der Waals surface area contributed by atoms with Gasteiger partial charge >= 0.3 is 6.09 Å². The average molecular weight is 344 g/mol. The molecule has 0 aromatic heterocycles. The van der Waals surface area contributed by atoms with Crippen molar-refractivity contribution >= 4 is 6.09 Å². The predicted octanol–water partition coefficient (Wildman–Crippen LogP) is 4.53. The molecule has 2 fully saturated rings. The van der Waals surface area contributed by atoms with Crippen LogP contribution in [0.5, 0.6) is 0 Å². The molecule has 1 saturated heterocycles. The average Bonchev–Trinajstić information content (AvgIpc) is 3.22. The molecule has 138 valence electrons. The number of carboxylic acid groups (broad SMARTS) is 1. The molecule has 0 unspecified atom stereocenters. The highest BCUT2D eigenvalue weighted by Crippen LogP contribution is 2.75. The zero-order valence-corrected chi connectivity index (χ0v) is 16.0. The molecule has 1 aromatic carbocycles. The van der Waals surface area contributed by atoms with Crippen molar-refractivity contribution in [2.45, 2.75) is 53.0 Å². The highest BCUT2D eigenvalue weighted by atomic mass is 16.4. The van der Waals surface area contributed by atoms with Crippen LogP contribution < -0.4 is 5.32 Å². The first-order valence-corrected chi connectivity index (χ1v) is 9.47. The van der Waals surface area contributed by atoms with E-state index in [4.69, 9.17) is 0 Å². The Labute approximate surface area is 151 Å². The van der Waals surface area contributed by atoms with Crippen LogP contribution in [0.2, 0.25) is 0 Å². The molecule has 1 saturated carbocycles. The number of rotatable bonds is 4. The lowest BCUT2D eigenvalue weighted by atomic mass is 9.69. The Morgan fingerprint density at radius 1 is 1.24 bits per heavy atom. The van der Waals surface area contributed by atoms with Crippen LogP contribution in [0, 0.1) is 16.2 Å². The number of amides is 1. The van der Waals surface area contributed by atoms with E-state index in [1.807, 2.05) is 0 Å². The fourth-order valence-corrected chi connectivity index (χ4v) is 5.08. The second-order valence-corrected chi connectivity index (χ2v) is 9.07. The van der Waals surface area contributed by atoms with Gasteiger partial charge in [-0.1, -0.05) is 51.1 Å². The Morgan fingerprint density at radius 2 is 1.84 bits per heavy atom. The van der Waals surface area contributed by atoms with Gasteiger partial charge in [0.15, 0.2) is 0 Å². The number of nitrogens with one attached hydrogen (secondary N) is 1. The molecule has 1 amide bonds. The lowest BCUT2D eigenvalue weighted by molar-refractivity contribution is 0.0781. The van der Waals surface area contributed by atoms with Gasteiger partial charge in [-0.2, -0.15) is 0 Å². The van der Waals surface area contributed by atoms with Gasteiger partial charge in [0, 0.05) is 25.7 Å². The number of benzene rings is 1. The van der Waals surface area contributed by atoms with E-state index >= 15 is 0 Å². The number of piperidine rings is 1. The zero-order valence-electron chi connectivity index (χ0n) is 16.0. The number of hydrogen-bond donors (Lipinski definition) is 2. The summed E-state index contributed by atoms with van der Waals surface area (Å²) in [6.45, 7) is 11.6. The first-order valence-electron chi connectivity index (χ1n) is 9.47. The molecule has 4 heteroatoms.